The van der Waals surface area contributed by atoms with Crippen molar-refractivity contribution in [1.29, 1.82) is 0 Å². The molecule has 1 aliphatic heterocycles. The van der Waals surface area contributed by atoms with Crippen molar-refractivity contribution in [3.63, 3.8) is 0 Å². The number of methoxy groups -OCH3 is 1. The highest BCUT2D eigenvalue weighted by Crippen LogP contribution is 2.71. The van der Waals surface area contributed by atoms with E-state index in [1.54, 1.807) is 18.0 Å². The minimum absolute atomic E-state index is 0. The van der Waals surface area contributed by atoms with Crippen molar-refractivity contribution in [2.24, 2.45) is 55.5 Å². The number of halogens is 9. The molecule has 3 aromatic carbocycles. The number of aliphatic carboxylic acids is 1. The Balaban J connectivity index is 0.000000241. The molecule has 6 saturated carbocycles. The van der Waals surface area contributed by atoms with E-state index in [0.29, 0.717) is 34.7 Å². The second-order valence-corrected chi connectivity index (χ2v) is 35.9. The van der Waals surface area contributed by atoms with Crippen molar-refractivity contribution in [3.8, 4) is 0 Å². The van der Waals surface area contributed by atoms with E-state index in [-0.39, 0.29) is 111 Å². The van der Waals surface area contributed by atoms with Crippen molar-refractivity contribution in [1.82, 2.24) is 4.90 Å². The number of aliphatic hydroxyl groups excluding tert-OH is 1. The summed E-state index contributed by atoms with van der Waals surface area (Å²) in [7, 11) is 0.0129. The normalized spacial score (nSPS) is 24.5. The van der Waals surface area contributed by atoms with Gasteiger partial charge in [0, 0.05) is 96.1 Å². The molecule has 10 rings (SSSR count). The number of hydrogen-bond acceptors (Lipinski definition) is 7. The van der Waals surface area contributed by atoms with Crippen molar-refractivity contribution < 1.29 is 59.9 Å². The summed E-state index contributed by atoms with van der Waals surface area (Å²) in [6, 6.07) is 17.6. The highest BCUT2D eigenvalue weighted by molar-refractivity contribution is 7.85. The molecule has 2 unspecified atom stereocenters. The first kappa shape index (κ1) is 81.0. The third-order valence-electron chi connectivity index (χ3n) is 19.7. The van der Waals surface area contributed by atoms with Gasteiger partial charge in [-0.3, -0.25) is 14.4 Å². The summed E-state index contributed by atoms with van der Waals surface area (Å²) >= 11 is 19.5. The number of rotatable bonds is 18. The summed E-state index contributed by atoms with van der Waals surface area (Å²) in [5.41, 5.74) is 11.8. The second kappa shape index (κ2) is 30.0. The van der Waals surface area contributed by atoms with Crippen LogP contribution < -0.4 is 5.73 Å². The molecule has 2 bridgehead atoms. The topological polar surface area (TPSA) is 160 Å². The van der Waals surface area contributed by atoms with Crippen LogP contribution in [0.3, 0.4) is 0 Å². The average molecular weight is 1420 g/mol. The number of nitrogens with zero attached hydrogens (tertiary/aromatic N) is 2. The zero-order chi connectivity index (χ0) is 70.3. The maximum Gasteiger partial charge on any atom is 0.309 e. The maximum atomic E-state index is 13.9. The molecule has 4 N–H and O–H groups in total. The van der Waals surface area contributed by atoms with Gasteiger partial charge >= 0.3 is 11.9 Å². The number of amides is 1. The van der Waals surface area contributed by atoms with E-state index in [1.807, 2.05) is 83.1 Å². The molecule has 1 amide bonds. The van der Waals surface area contributed by atoms with Crippen LogP contribution in [0.4, 0.5) is 26.3 Å². The number of ether oxygens (including phenoxy) is 1. The molecule has 21 heteroatoms. The van der Waals surface area contributed by atoms with Crippen molar-refractivity contribution >= 4 is 82.8 Å². The second-order valence-electron chi connectivity index (χ2n) is 32.8. The van der Waals surface area contributed by atoms with E-state index in [4.69, 9.17) is 40.5 Å². The minimum Gasteiger partial charge on any atom is -0.481 e. The largest absolute Gasteiger partial charge is 0.481 e. The Hall–Kier alpha value is -3.65. The summed E-state index contributed by atoms with van der Waals surface area (Å²) in [6.07, 6.45) is 8.02. The number of aryl methyl sites for hydroxylation is 3. The van der Waals surface area contributed by atoms with Gasteiger partial charge in [-0.15, -0.1) is 0 Å². The van der Waals surface area contributed by atoms with Crippen LogP contribution in [-0.2, 0) is 60.3 Å². The third kappa shape index (κ3) is 20.7. The van der Waals surface area contributed by atoms with Crippen LogP contribution in [0.15, 0.2) is 70.8 Å². The number of carboxylic acids is 1. The SMILES string of the molecule is CC(=NS(=O)C(C)(C)C)c1ccc(CCC(C)(C)C)c(Cl)c1.CC(C)(C)CCc1ccc([C@](C)(N)C(CO)C2CC(F)(F)C2)cc1Cl.CC(C)(C)CCc1ccc([C@]2(C)CC(=O)N(C34CC(C(=O)O)(C3)C4)C=C2C2CC(F)(F)C2)cc1Cl.COC(=O)CC1CC(F)(F)C1.S. The van der Waals surface area contributed by atoms with Crippen LogP contribution in [0.25, 0.3) is 0 Å². The van der Waals surface area contributed by atoms with Crippen molar-refractivity contribution in [2.45, 2.75) is 252 Å². The smallest absolute Gasteiger partial charge is 0.309 e. The average Bonchev–Trinajstić information content (AvgIpc) is 0.664. The van der Waals surface area contributed by atoms with Gasteiger partial charge in [0.15, 0.2) is 0 Å². The predicted octanol–water partition coefficient (Wildman–Crippen LogP) is 19.2. The predicted molar refractivity (Wildman–Crippen MR) is 373 cm³/mol. The summed E-state index contributed by atoms with van der Waals surface area (Å²) in [4.78, 5) is 37.3. The molecule has 94 heavy (non-hydrogen) atoms. The summed E-state index contributed by atoms with van der Waals surface area (Å²) in [5, 5.41) is 21.3. The molecule has 6 aliphatic carbocycles. The molecule has 0 spiro atoms. The molecule has 6 fully saturated rings. The number of carboxylic acid groups (broad SMARTS) is 1. The number of alkyl halides is 6. The Labute approximate surface area is 580 Å². The highest BCUT2D eigenvalue weighted by atomic mass is 35.5. The van der Waals surface area contributed by atoms with Crippen LogP contribution >= 0.6 is 48.3 Å². The van der Waals surface area contributed by atoms with Gasteiger partial charge < -0.3 is 25.6 Å². The first-order valence-electron chi connectivity index (χ1n) is 32.6. The van der Waals surface area contributed by atoms with Gasteiger partial charge in [0.25, 0.3) is 0 Å². The molecule has 4 atom stereocenters. The number of nitrogens with two attached hydrogens (primary N) is 1. The van der Waals surface area contributed by atoms with Crippen molar-refractivity contribution in [2.75, 3.05) is 13.7 Å². The fraction of sp³-hybridized carbons (Fsp3) is 0.671. The lowest BCUT2D eigenvalue weighted by molar-refractivity contribution is -0.224. The van der Waals surface area contributed by atoms with E-state index in [0.717, 1.165) is 88.2 Å². The quantitative estimate of drug-likeness (QED) is 0.0645. The molecule has 1 heterocycles. The fourth-order valence-corrected chi connectivity index (χ4v) is 14.9. The van der Waals surface area contributed by atoms with E-state index in [9.17, 15) is 55.1 Å². The van der Waals surface area contributed by atoms with Crippen LogP contribution in [-0.4, -0.2) is 84.6 Å². The Bertz CT molecular complexity index is 3250. The van der Waals surface area contributed by atoms with E-state index in [2.05, 4.69) is 77.5 Å². The Morgan fingerprint density at radius 3 is 1.55 bits per heavy atom. The maximum absolute atomic E-state index is 13.9. The van der Waals surface area contributed by atoms with Gasteiger partial charge in [-0.1, -0.05) is 140 Å². The third-order valence-corrected chi connectivity index (χ3v) is 22.2. The number of carbonyl (C=O) groups excluding carboxylic acids is 2. The lowest BCUT2D eigenvalue weighted by Crippen LogP contribution is -2.77. The Morgan fingerprint density at radius 2 is 1.16 bits per heavy atom. The summed E-state index contributed by atoms with van der Waals surface area (Å²) in [6.45, 7) is 31.0. The lowest BCUT2D eigenvalue weighted by Gasteiger charge is -2.71. The molecule has 3 aromatic rings. The van der Waals surface area contributed by atoms with Gasteiger partial charge in [-0.05, 0) is 184 Å². The summed E-state index contributed by atoms with van der Waals surface area (Å²) in [5.74, 6) is -10.3. The molecule has 0 aromatic heterocycles. The Morgan fingerprint density at radius 1 is 0.713 bits per heavy atom. The minimum atomic E-state index is -2.68. The van der Waals surface area contributed by atoms with Gasteiger partial charge in [0.2, 0.25) is 23.7 Å². The van der Waals surface area contributed by atoms with E-state index < -0.39 is 68.5 Å². The molecular formula is C73H104Cl3F6N3O7S2. The van der Waals surface area contributed by atoms with Crippen molar-refractivity contribution in [3.05, 3.63) is 115 Å². The van der Waals surface area contributed by atoms with Crippen LogP contribution in [0.2, 0.25) is 15.1 Å². The van der Waals surface area contributed by atoms with Gasteiger partial charge in [0.1, 0.15) is 11.0 Å². The highest BCUT2D eigenvalue weighted by Gasteiger charge is 2.75. The van der Waals surface area contributed by atoms with E-state index in [1.165, 1.54) is 7.11 Å². The van der Waals surface area contributed by atoms with Crippen LogP contribution in [0.5, 0.6) is 0 Å². The number of allylic oxidation sites excluding steroid dienone is 1. The van der Waals surface area contributed by atoms with Gasteiger partial charge in [0.05, 0.1) is 28.5 Å². The molecular weight excluding hydrogens is 1320 g/mol. The van der Waals surface area contributed by atoms with E-state index >= 15 is 0 Å². The lowest BCUT2D eigenvalue weighted by atomic mass is 9.38. The number of benzene rings is 3. The first-order chi connectivity index (χ1) is 42.4. The van der Waals surface area contributed by atoms with Gasteiger partial charge in [-0.25, -0.2) is 30.6 Å². The molecule has 0 radical (unpaired) electrons. The zero-order valence-corrected chi connectivity index (χ0v) is 62.1. The van der Waals surface area contributed by atoms with Gasteiger partial charge in [-0.2, -0.15) is 17.9 Å². The number of aliphatic hydroxyl groups is 1. The fourth-order valence-electron chi connectivity index (χ4n) is 13.4. The number of esters is 1. The molecule has 0 saturated heterocycles. The zero-order valence-electron chi connectivity index (χ0n) is 58.0. The molecule has 10 nitrogen and oxygen atoms in total. The molecule has 7 aliphatic rings. The summed E-state index contributed by atoms with van der Waals surface area (Å²) < 4.78 is 99.1. The number of carbonyl (C=O) groups is 3. The van der Waals surface area contributed by atoms with Crippen LogP contribution in [0.1, 0.15) is 227 Å². The van der Waals surface area contributed by atoms with Crippen LogP contribution in [0, 0.1) is 45.3 Å². The molecule has 528 valence electrons. The monoisotopic (exact) mass is 1420 g/mol. The number of hydrogen-bond donors (Lipinski definition) is 3. The first-order valence-corrected chi connectivity index (χ1v) is 34.8. The standard InChI is InChI=1S/C28H34ClF2NO3.C20H30ClF2NO.C18H28ClNOS.C7H10F2O2.H2S/c1-24(2,3)8-7-17-5-6-19(9-21(17)29)25(4)12-22(33)32(13-20(25)18-10-28(30,31)11-18)27-14-26(15-27,16-27)23(34)35;1-18(2,3)8-7-13-5-6-15(9-17(13)21)19(4,24)16(12-25)14-10-20(22,23)11-14;1-13(20-22(21)18(5,6)7)15-9-8-14(16(19)12-15)10-11-17(2,3)4;1-11-6(10)2-5-3-7(8,9)4-5;/h5-6,9,13,18H,7-8,10-12,14-16H2,1-4H3,(H,34,35);5-6,9,14,16,25H,7-8,10-12,24H2,1-4H3;8-9,12H,10-11H2,1-7H3;5H,2-4H2,1H3;1H2/t25-,26?,27?;16?,19-;;;/m00.../s1. The Kier molecular flexibility index (Phi) is 25.9.